The second kappa shape index (κ2) is 8.04. The molecule has 0 aliphatic carbocycles. The number of amides is 1. The van der Waals surface area contributed by atoms with Crippen LogP contribution in [0.1, 0.15) is 22.8 Å². The van der Waals surface area contributed by atoms with Crippen LogP contribution in [-0.4, -0.2) is 23.1 Å². The van der Waals surface area contributed by atoms with Gasteiger partial charge >= 0.3 is 5.97 Å². The van der Waals surface area contributed by atoms with Gasteiger partial charge in [-0.2, -0.15) is 0 Å². The molecule has 0 saturated carbocycles. The molecular formula is C17H15Cl2NO4. The smallest absolute Gasteiger partial charge is 0.335 e. The van der Waals surface area contributed by atoms with Gasteiger partial charge in [0.15, 0.2) is 6.10 Å². The largest absolute Gasteiger partial charge is 0.479 e. The molecule has 0 saturated heterocycles. The average molecular weight is 368 g/mol. The topological polar surface area (TPSA) is 75.6 Å². The van der Waals surface area contributed by atoms with Crippen molar-refractivity contribution in [1.82, 2.24) is 5.32 Å². The van der Waals surface area contributed by atoms with Crippen LogP contribution < -0.4 is 10.1 Å². The van der Waals surface area contributed by atoms with Crippen molar-refractivity contribution in [2.75, 3.05) is 0 Å². The maximum atomic E-state index is 12.1. The van der Waals surface area contributed by atoms with Crippen LogP contribution in [0.3, 0.4) is 0 Å². The highest BCUT2D eigenvalue weighted by molar-refractivity contribution is 6.35. The number of aromatic carboxylic acids is 1. The number of nitrogens with one attached hydrogen (secondary N) is 1. The van der Waals surface area contributed by atoms with Gasteiger partial charge in [-0.15, -0.1) is 0 Å². The lowest BCUT2D eigenvalue weighted by molar-refractivity contribution is -0.127. The summed E-state index contributed by atoms with van der Waals surface area (Å²) in [4.78, 5) is 23.0. The SMILES string of the molecule is CC(Oc1ccc(Cl)cc1Cl)C(=O)NCc1cccc(C(=O)O)c1. The Kier molecular flexibility index (Phi) is 6.06. The van der Waals surface area contributed by atoms with Crippen LogP contribution in [0.5, 0.6) is 5.75 Å². The average Bonchev–Trinajstić information content (AvgIpc) is 2.55. The number of hydrogen-bond acceptors (Lipinski definition) is 3. The molecule has 2 aromatic carbocycles. The van der Waals surface area contributed by atoms with Crippen LogP contribution in [0.15, 0.2) is 42.5 Å². The summed E-state index contributed by atoms with van der Waals surface area (Å²) < 4.78 is 5.52. The second-order valence-electron chi connectivity index (χ2n) is 5.06. The van der Waals surface area contributed by atoms with Crippen molar-refractivity contribution in [1.29, 1.82) is 0 Å². The fourth-order valence-electron chi connectivity index (χ4n) is 1.96. The van der Waals surface area contributed by atoms with Gasteiger partial charge in [0.25, 0.3) is 5.91 Å². The molecular weight excluding hydrogens is 353 g/mol. The fourth-order valence-corrected chi connectivity index (χ4v) is 2.42. The van der Waals surface area contributed by atoms with Crippen LogP contribution in [0, 0.1) is 0 Å². The van der Waals surface area contributed by atoms with Crippen molar-refractivity contribution in [3.05, 3.63) is 63.6 Å². The first kappa shape index (κ1) is 18.1. The maximum absolute atomic E-state index is 12.1. The van der Waals surface area contributed by atoms with Gasteiger partial charge in [0.1, 0.15) is 5.75 Å². The Balaban J connectivity index is 1.94. The Bertz CT molecular complexity index is 764. The molecule has 0 aromatic heterocycles. The van der Waals surface area contributed by atoms with Gasteiger partial charge in [-0.05, 0) is 42.8 Å². The van der Waals surface area contributed by atoms with Crippen LogP contribution in [-0.2, 0) is 11.3 Å². The summed E-state index contributed by atoms with van der Waals surface area (Å²) >= 11 is 11.8. The fraction of sp³-hybridized carbons (Fsp3) is 0.176. The second-order valence-corrected chi connectivity index (χ2v) is 5.90. The summed E-state index contributed by atoms with van der Waals surface area (Å²) in [5.41, 5.74) is 0.846. The minimum absolute atomic E-state index is 0.166. The van der Waals surface area contributed by atoms with Crippen LogP contribution in [0.4, 0.5) is 0 Å². The van der Waals surface area contributed by atoms with Crippen molar-refractivity contribution >= 4 is 35.1 Å². The molecule has 0 fully saturated rings. The molecule has 2 rings (SSSR count). The highest BCUT2D eigenvalue weighted by atomic mass is 35.5. The number of hydrogen-bond donors (Lipinski definition) is 2. The molecule has 2 aromatic rings. The summed E-state index contributed by atoms with van der Waals surface area (Å²) in [6.07, 6.45) is -0.772. The lowest BCUT2D eigenvalue weighted by Gasteiger charge is -2.16. The summed E-state index contributed by atoms with van der Waals surface area (Å²) in [5, 5.41) is 12.4. The molecule has 0 bridgehead atoms. The van der Waals surface area contributed by atoms with E-state index in [-0.39, 0.29) is 18.0 Å². The molecule has 0 aliphatic rings. The Morgan fingerprint density at radius 1 is 1.21 bits per heavy atom. The monoisotopic (exact) mass is 367 g/mol. The number of halogens is 2. The molecule has 0 spiro atoms. The number of benzene rings is 2. The number of carbonyl (C=O) groups is 2. The van der Waals surface area contributed by atoms with Gasteiger partial charge in [-0.3, -0.25) is 4.79 Å². The van der Waals surface area contributed by atoms with Crippen molar-refractivity contribution in [2.45, 2.75) is 19.6 Å². The van der Waals surface area contributed by atoms with Gasteiger partial charge in [0, 0.05) is 11.6 Å². The highest BCUT2D eigenvalue weighted by Crippen LogP contribution is 2.28. The van der Waals surface area contributed by atoms with Crippen LogP contribution >= 0.6 is 23.2 Å². The minimum atomic E-state index is -1.02. The summed E-state index contributed by atoms with van der Waals surface area (Å²) in [5.74, 6) is -1.00. The summed E-state index contributed by atoms with van der Waals surface area (Å²) in [7, 11) is 0. The van der Waals surface area contributed by atoms with Crippen LogP contribution in [0.2, 0.25) is 10.0 Å². The van der Waals surface area contributed by atoms with Gasteiger partial charge in [-0.25, -0.2) is 4.79 Å². The lowest BCUT2D eigenvalue weighted by atomic mass is 10.1. The van der Waals surface area contributed by atoms with Crippen molar-refractivity contribution < 1.29 is 19.4 Å². The molecule has 1 unspecified atom stereocenters. The number of ether oxygens (including phenoxy) is 1. The third-order valence-corrected chi connectivity index (χ3v) is 3.74. The van der Waals surface area contributed by atoms with Crippen LogP contribution in [0.25, 0.3) is 0 Å². The maximum Gasteiger partial charge on any atom is 0.335 e. The quantitative estimate of drug-likeness (QED) is 0.814. The van der Waals surface area contributed by atoms with E-state index in [1.54, 1.807) is 31.2 Å². The van der Waals surface area contributed by atoms with Crippen molar-refractivity contribution in [3.63, 3.8) is 0 Å². The lowest BCUT2D eigenvalue weighted by Crippen LogP contribution is -2.36. The molecule has 7 heteroatoms. The standard InChI is InChI=1S/C17H15Cl2NO4/c1-10(24-15-6-5-13(18)8-14(15)19)16(21)20-9-11-3-2-4-12(7-11)17(22)23/h2-8,10H,9H2,1H3,(H,20,21)(H,22,23). The molecule has 5 nitrogen and oxygen atoms in total. The molecule has 0 aliphatic heterocycles. The highest BCUT2D eigenvalue weighted by Gasteiger charge is 2.16. The first-order chi connectivity index (χ1) is 11.4. The minimum Gasteiger partial charge on any atom is -0.479 e. The first-order valence-corrected chi connectivity index (χ1v) is 7.84. The zero-order chi connectivity index (χ0) is 17.7. The molecule has 0 heterocycles. The predicted octanol–water partition coefficient (Wildman–Crippen LogP) is 3.78. The Morgan fingerprint density at radius 3 is 2.62 bits per heavy atom. The van der Waals surface area contributed by atoms with E-state index < -0.39 is 12.1 Å². The number of carbonyl (C=O) groups excluding carboxylic acids is 1. The van der Waals surface area contributed by atoms with E-state index in [0.717, 1.165) is 0 Å². The Hall–Kier alpha value is -2.24. The Morgan fingerprint density at radius 2 is 1.96 bits per heavy atom. The van der Waals surface area contributed by atoms with E-state index in [1.807, 2.05) is 0 Å². The molecule has 1 amide bonds. The normalized spacial score (nSPS) is 11.6. The predicted molar refractivity (Wildman–Crippen MR) is 91.8 cm³/mol. The van der Waals surface area contributed by atoms with E-state index in [2.05, 4.69) is 5.32 Å². The number of carboxylic acid groups (broad SMARTS) is 1. The van der Waals surface area contributed by atoms with Gasteiger partial charge in [-0.1, -0.05) is 35.3 Å². The van der Waals surface area contributed by atoms with E-state index in [4.69, 9.17) is 33.0 Å². The van der Waals surface area contributed by atoms with Gasteiger partial charge in [0.2, 0.25) is 0 Å². The number of carboxylic acids is 1. The zero-order valence-corrected chi connectivity index (χ0v) is 14.3. The zero-order valence-electron chi connectivity index (χ0n) is 12.8. The van der Waals surface area contributed by atoms with Crippen molar-refractivity contribution in [3.8, 4) is 5.75 Å². The number of rotatable bonds is 6. The summed E-state index contributed by atoms with van der Waals surface area (Å²) in [6.45, 7) is 1.79. The molecule has 2 N–H and O–H groups in total. The van der Waals surface area contributed by atoms with E-state index >= 15 is 0 Å². The molecule has 126 valence electrons. The van der Waals surface area contributed by atoms with E-state index in [9.17, 15) is 9.59 Å². The third kappa shape index (κ3) is 4.88. The molecule has 0 radical (unpaired) electrons. The van der Waals surface area contributed by atoms with Gasteiger partial charge < -0.3 is 15.2 Å². The van der Waals surface area contributed by atoms with Gasteiger partial charge in [0.05, 0.1) is 10.6 Å². The van der Waals surface area contributed by atoms with Crippen molar-refractivity contribution in [2.24, 2.45) is 0 Å². The molecule has 24 heavy (non-hydrogen) atoms. The van der Waals surface area contributed by atoms with E-state index in [1.165, 1.54) is 18.2 Å². The first-order valence-electron chi connectivity index (χ1n) is 7.08. The van der Waals surface area contributed by atoms with E-state index in [0.29, 0.717) is 21.4 Å². The summed E-state index contributed by atoms with van der Waals surface area (Å²) in [6, 6.07) is 11.1. The Labute approximate surface area is 149 Å². The third-order valence-electron chi connectivity index (χ3n) is 3.21. The molecule has 1 atom stereocenters.